The fourth-order valence-corrected chi connectivity index (χ4v) is 3.99. The highest BCUT2D eigenvalue weighted by molar-refractivity contribution is 7.93. The maximum absolute atomic E-state index is 11.3. The molecule has 2 atom stereocenters. The fraction of sp³-hybridized carbons (Fsp3) is 0.875. The lowest BCUT2D eigenvalue weighted by Crippen LogP contribution is -2.27. The molecule has 0 amide bonds. The summed E-state index contributed by atoms with van der Waals surface area (Å²) in [6.07, 6.45) is 0.517. The summed E-state index contributed by atoms with van der Waals surface area (Å²) in [6, 6.07) is 0. The van der Waals surface area contributed by atoms with Gasteiger partial charge in [0.15, 0.2) is 9.84 Å². The van der Waals surface area contributed by atoms with Crippen molar-refractivity contribution in [2.24, 2.45) is 0 Å². The van der Waals surface area contributed by atoms with Crippen molar-refractivity contribution in [3.63, 3.8) is 0 Å². The molecule has 90 valence electrons. The molecule has 0 spiro atoms. The lowest BCUT2D eigenvalue weighted by Gasteiger charge is -2.06. The largest absolute Gasteiger partial charge is 0.480 e. The Hall–Kier alpha value is -0.430. The van der Waals surface area contributed by atoms with Crippen LogP contribution in [0.15, 0.2) is 0 Å². The van der Waals surface area contributed by atoms with E-state index in [4.69, 9.17) is 5.11 Å². The van der Waals surface area contributed by atoms with Crippen LogP contribution >= 0.6 is 0 Å². The minimum Gasteiger partial charge on any atom is -0.480 e. The van der Waals surface area contributed by atoms with Gasteiger partial charge in [0.2, 0.25) is 0 Å². The summed E-state index contributed by atoms with van der Waals surface area (Å²) in [5, 5.41) is 7.53. The summed E-state index contributed by atoms with van der Waals surface area (Å²) in [7, 11) is -4.80. The molecule has 0 bridgehead atoms. The molecule has 0 aromatic carbocycles. The molecule has 0 aliphatic rings. The van der Waals surface area contributed by atoms with E-state index in [0.717, 1.165) is 0 Å². The van der Waals surface area contributed by atoms with Gasteiger partial charge in [0.05, 0.1) is 5.75 Å². The molecule has 0 rings (SSSR count). The van der Waals surface area contributed by atoms with E-state index in [2.05, 4.69) is 0 Å². The van der Waals surface area contributed by atoms with Crippen LogP contribution in [0, 0.1) is 0 Å². The van der Waals surface area contributed by atoms with E-state index in [1.807, 2.05) is 0 Å². The third-order valence-corrected chi connectivity index (χ3v) is 5.56. The van der Waals surface area contributed by atoms with Crippen molar-refractivity contribution in [3.8, 4) is 0 Å². The highest BCUT2D eigenvalue weighted by atomic mass is 32.2. The summed E-state index contributed by atoms with van der Waals surface area (Å²) in [4.78, 5) is 10.4. The molecule has 0 heterocycles. The van der Waals surface area contributed by atoms with E-state index in [9.17, 15) is 17.4 Å². The van der Waals surface area contributed by atoms with Gasteiger partial charge in [-0.3, -0.25) is 9.00 Å². The molecule has 0 fully saturated rings. The van der Waals surface area contributed by atoms with Gasteiger partial charge in [0, 0.05) is 22.3 Å². The Labute approximate surface area is 92.2 Å². The van der Waals surface area contributed by atoms with Crippen molar-refractivity contribution < 1.29 is 22.5 Å². The predicted molar refractivity (Wildman–Crippen MR) is 59.1 cm³/mol. The van der Waals surface area contributed by atoms with Crippen LogP contribution in [0.1, 0.15) is 20.3 Å². The number of carbonyl (C=O) groups is 1. The van der Waals surface area contributed by atoms with Crippen LogP contribution in [-0.4, -0.2) is 46.2 Å². The van der Waals surface area contributed by atoms with Gasteiger partial charge in [-0.05, 0) is 13.3 Å². The second-order valence-electron chi connectivity index (χ2n) is 3.22. The predicted octanol–water partition coefficient (Wildman–Crippen LogP) is 0.0330. The molecule has 0 radical (unpaired) electrons. The molecular weight excluding hydrogens is 240 g/mol. The molecule has 0 aromatic rings. The van der Waals surface area contributed by atoms with Crippen LogP contribution in [0.2, 0.25) is 0 Å². The van der Waals surface area contributed by atoms with Gasteiger partial charge in [-0.15, -0.1) is 0 Å². The number of carboxylic acid groups (broad SMARTS) is 1. The first kappa shape index (κ1) is 14.6. The Morgan fingerprint density at radius 3 is 2.33 bits per heavy atom. The second kappa shape index (κ2) is 6.22. The lowest BCUT2D eigenvalue weighted by molar-refractivity contribution is -0.136. The summed E-state index contributed by atoms with van der Waals surface area (Å²) in [6.45, 7) is 3.05. The maximum Gasteiger partial charge on any atom is 0.318 e. The van der Waals surface area contributed by atoms with E-state index in [-0.39, 0.29) is 17.3 Å². The van der Waals surface area contributed by atoms with Crippen molar-refractivity contribution in [2.75, 3.05) is 17.3 Å². The van der Waals surface area contributed by atoms with Crippen molar-refractivity contribution in [3.05, 3.63) is 0 Å². The molecule has 0 saturated heterocycles. The first-order valence-corrected chi connectivity index (χ1v) is 7.81. The van der Waals surface area contributed by atoms with Crippen LogP contribution in [-0.2, 0) is 25.4 Å². The Balaban J connectivity index is 4.18. The Kier molecular flexibility index (Phi) is 6.04. The zero-order chi connectivity index (χ0) is 12.1. The van der Waals surface area contributed by atoms with Crippen LogP contribution in [0.5, 0.6) is 0 Å². The van der Waals surface area contributed by atoms with Gasteiger partial charge in [-0.25, -0.2) is 8.42 Å². The number of carboxylic acids is 1. The Morgan fingerprint density at radius 2 is 1.93 bits per heavy atom. The van der Waals surface area contributed by atoms with Crippen LogP contribution in [0.25, 0.3) is 0 Å². The highest BCUT2D eigenvalue weighted by Crippen LogP contribution is 2.00. The topological polar surface area (TPSA) is 88.5 Å². The van der Waals surface area contributed by atoms with Crippen molar-refractivity contribution in [1.82, 2.24) is 0 Å². The molecule has 7 heteroatoms. The molecule has 5 nitrogen and oxygen atoms in total. The number of rotatable bonds is 7. The molecule has 2 unspecified atom stereocenters. The van der Waals surface area contributed by atoms with Gasteiger partial charge < -0.3 is 5.11 Å². The minimum absolute atomic E-state index is 0.0612. The number of hydrogen-bond donors (Lipinski definition) is 1. The first-order valence-electron chi connectivity index (χ1n) is 4.60. The molecule has 1 N–H and O–H groups in total. The van der Waals surface area contributed by atoms with Crippen molar-refractivity contribution in [2.45, 2.75) is 25.5 Å². The van der Waals surface area contributed by atoms with Gasteiger partial charge in [0.25, 0.3) is 0 Å². The minimum atomic E-state index is -3.17. The molecule has 0 aliphatic carbocycles. The summed E-state index contributed by atoms with van der Waals surface area (Å²) in [5.41, 5.74) is 0. The van der Waals surface area contributed by atoms with Gasteiger partial charge >= 0.3 is 5.97 Å². The molecule has 0 aromatic heterocycles. The third kappa shape index (κ3) is 5.88. The summed E-state index contributed by atoms with van der Waals surface area (Å²) in [5.74, 6) is -1.41. The maximum atomic E-state index is 11.3. The van der Waals surface area contributed by atoms with Crippen LogP contribution in [0.4, 0.5) is 0 Å². The van der Waals surface area contributed by atoms with Gasteiger partial charge in [-0.2, -0.15) is 0 Å². The summed E-state index contributed by atoms with van der Waals surface area (Å²) >= 11 is 0. The van der Waals surface area contributed by atoms with E-state index in [0.29, 0.717) is 6.42 Å². The summed E-state index contributed by atoms with van der Waals surface area (Å²) < 4.78 is 33.8. The van der Waals surface area contributed by atoms with E-state index >= 15 is 0 Å². The van der Waals surface area contributed by atoms with E-state index in [1.54, 1.807) is 6.92 Å². The monoisotopic (exact) mass is 256 g/mol. The Morgan fingerprint density at radius 1 is 1.40 bits per heavy atom. The Bertz CT molecular complexity index is 333. The average molecular weight is 256 g/mol. The number of aliphatic carboxylic acids is 1. The fourth-order valence-electron chi connectivity index (χ4n) is 0.911. The standard InChI is InChI=1S/C8H16O5S2/c1-3-5-15(12,13)6-4-14(11)7(2)8(9)10/h7H,3-6H2,1-2H3,(H,9,10). The number of hydrogen-bond acceptors (Lipinski definition) is 4. The van der Waals surface area contributed by atoms with Crippen molar-refractivity contribution >= 4 is 26.6 Å². The molecular formula is C8H16O5S2. The average Bonchev–Trinajstić information content (AvgIpc) is 2.13. The lowest BCUT2D eigenvalue weighted by atomic mass is 10.5. The normalized spacial score (nSPS) is 15.9. The quantitative estimate of drug-likeness (QED) is 0.694. The first-order chi connectivity index (χ1) is 6.80. The zero-order valence-corrected chi connectivity index (χ0v) is 10.4. The van der Waals surface area contributed by atoms with E-state index in [1.165, 1.54) is 6.92 Å². The molecule has 15 heavy (non-hydrogen) atoms. The zero-order valence-electron chi connectivity index (χ0n) is 8.80. The van der Waals surface area contributed by atoms with Gasteiger partial charge in [0.1, 0.15) is 5.25 Å². The van der Waals surface area contributed by atoms with Crippen LogP contribution < -0.4 is 0 Å². The van der Waals surface area contributed by atoms with Gasteiger partial charge in [-0.1, -0.05) is 6.92 Å². The highest BCUT2D eigenvalue weighted by Gasteiger charge is 2.20. The SMILES string of the molecule is CCCS(=O)(=O)CCS(=O)C(C)C(=O)O. The number of sulfone groups is 1. The smallest absolute Gasteiger partial charge is 0.318 e. The third-order valence-electron chi connectivity index (χ3n) is 1.85. The molecule has 0 saturated carbocycles. The second-order valence-corrected chi connectivity index (χ2v) is 7.40. The van der Waals surface area contributed by atoms with Crippen LogP contribution in [0.3, 0.4) is 0 Å². The van der Waals surface area contributed by atoms with Crippen molar-refractivity contribution in [1.29, 1.82) is 0 Å². The molecule has 0 aliphatic heterocycles. The van der Waals surface area contributed by atoms with E-state index < -0.39 is 31.9 Å².